The van der Waals surface area contributed by atoms with Crippen LogP contribution in [0.1, 0.15) is 24.9 Å². The highest BCUT2D eigenvalue weighted by atomic mass is 35.5. The quantitative estimate of drug-likeness (QED) is 0.747. The van der Waals surface area contributed by atoms with Crippen LogP contribution in [-0.4, -0.2) is 29.7 Å². The summed E-state index contributed by atoms with van der Waals surface area (Å²) >= 11 is 11.9. The molecule has 1 aromatic rings. The maximum atomic E-state index is 13.5. The number of carbonyl (C=O) groups excluding carboxylic acids is 1. The molecule has 0 aromatic heterocycles. The van der Waals surface area contributed by atoms with E-state index in [2.05, 4.69) is 10.6 Å². The molecule has 0 aliphatic carbocycles. The summed E-state index contributed by atoms with van der Waals surface area (Å²) in [4.78, 5) is 12.0. The van der Waals surface area contributed by atoms with Crippen LogP contribution in [0.25, 0.3) is 0 Å². The van der Waals surface area contributed by atoms with E-state index in [9.17, 15) is 14.3 Å². The van der Waals surface area contributed by atoms with Gasteiger partial charge in [0.05, 0.1) is 23.2 Å². The molecular formula is C13H15Cl2FN2O2. The summed E-state index contributed by atoms with van der Waals surface area (Å²) in [6.45, 7) is 2.06. The summed E-state index contributed by atoms with van der Waals surface area (Å²) in [6, 6.07) is 1.59. The third-order valence-electron chi connectivity index (χ3n) is 3.30. The highest BCUT2D eigenvalue weighted by Gasteiger charge is 2.29. The summed E-state index contributed by atoms with van der Waals surface area (Å²) in [5.41, 5.74) is 0.347. The maximum Gasteiger partial charge on any atom is 0.237 e. The van der Waals surface area contributed by atoms with Crippen LogP contribution in [0.15, 0.2) is 12.1 Å². The van der Waals surface area contributed by atoms with Gasteiger partial charge in [-0.25, -0.2) is 4.39 Å². The number of nitrogens with one attached hydrogen (secondary N) is 2. The smallest absolute Gasteiger partial charge is 0.237 e. The van der Waals surface area contributed by atoms with E-state index in [1.54, 1.807) is 6.92 Å². The van der Waals surface area contributed by atoms with Crippen LogP contribution in [0.2, 0.25) is 10.0 Å². The van der Waals surface area contributed by atoms with Crippen molar-refractivity contribution in [2.75, 3.05) is 6.54 Å². The normalized spacial score (nSPS) is 23.6. The van der Waals surface area contributed by atoms with E-state index in [0.717, 1.165) is 0 Å². The summed E-state index contributed by atoms with van der Waals surface area (Å²) in [5.74, 6) is -0.855. The molecule has 0 unspecified atom stereocenters. The van der Waals surface area contributed by atoms with Crippen LogP contribution in [0.4, 0.5) is 4.39 Å². The second-order valence-corrected chi connectivity index (χ2v) is 5.62. The first-order valence-corrected chi connectivity index (χ1v) is 7.01. The average molecular weight is 321 g/mol. The monoisotopic (exact) mass is 320 g/mol. The van der Waals surface area contributed by atoms with E-state index in [1.807, 2.05) is 0 Å². The Morgan fingerprint density at radius 2 is 2.25 bits per heavy atom. The molecule has 3 N–H and O–H groups in total. The SMILES string of the molecule is C[C@H](NC(=O)[C@H]1C[C@H](O)CN1)c1c(Cl)ccc(F)c1Cl. The fourth-order valence-corrected chi connectivity index (χ4v) is 2.94. The lowest BCUT2D eigenvalue weighted by Gasteiger charge is -2.19. The Kier molecular flexibility index (Phi) is 4.86. The van der Waals surface area contributed by atoms with Gasteiger partial charge in [-0.15, -0.1) is 0 Å². The highest BCUT2D eigenvalue weighted by Crippen LogP contribution is 2.32. The second kappa shape index (κ2) is 6.26. The molecule has 1 aliphatic heterocycles. The van der Waals surface area contributed by atoms with Crippen molar-refractivity contribution in [2.24, 2.45) is 0 Å². The molecule has 1 saturated heterocycles. The van der Waals surface area contributed by atoms with E-state index < -0.39 is 24.0 Å². The van der Waals surface area contributed by atoms with E-state index >= 15 is 0 Å². The van der Waals surface area contributed by atoms with Gasteiger partial charge in [0.2, 0.25) is 5.91 Å². The predicted octanol–water partition coefficient (Wildman–Crippen LogP) is 2.03. The molecule has 7 heteroatoms. The largest absolute Gasteiger partial charge is 0.392 e. The molecule has 0 radical (unpaired) electrons. The van der Waals surface area contributed by atoms with E-state index in [-0.39, 0.29) is 10.9 Å². The molecule has 4 nitrogen and oxygen atoms in total. The number of aliphatic hydroxyl groups is 1. The summed E-state index contributed by atoms with van der Waals surface area (Å²) < 4.78 is 13.5. The minimum Gasteiger partial charge on any atom is -0.392 e. The Morgan fingerprint density at radius 3 is 2.85 bits per heavy atom. The third kappa shape index (κ3) is 3.23. The number of rotatable bonds is 3. The van der Waals surface area contributed by atoms with Gasteiger partial charge in [-0.1, -0.05) is 23.2 Å². The standard InChI is InChI=1S/C13H15Cl2FN2O2/c1-6(11-8(14)2-3-9(16)12(11)15)18-13(20)10-4-7(19)5-17-10/h2-3,6-7,10,17,19H,4-5H2,1H3,(H,18,20)/t6-,7-,10+/m0/s1. The maximum absolute atomic E-state index is 13.5. The molecule has 3 atom stereocenters. The Bertz CT molecular complexity index is 527. The molecule has 0 bridgehead atoms. The van der Waals surface area contributed by atoms with Gasteiger partial charge in [-0.3, -0.25) is 4.79 Å². The number of carbonyl (C=O) groups is 1. The van der Waals surface area contributed by atoms with Crippen molar-refractivity contribution in [3.63, 3.8) is 0 Å². The third-order valence-corrected chi connectivity index (χ3v) is 4.01. The van der Waals surface area contributed by atoms with Crippen LogP contribution < -0.4 is 10.6 Å². The summed E-state index contributed by atoms with van der Waals surface area (Å²) in [5, 5.41) is 15.2. The van der Waals surface area contributed by atoms with Gasteiger partial charge in [-0.05, 0) is 25.5 Å². The number of benzene rings is 1. The van der Waals surface area contributed by atoms with Gasteiger partial charge in [0.1, 0.15) is 5.82 Å². The number of hydrogen-bond donors (Lipinski definition) is 3. The molecule has 20 heavy (non-hydrogen) atoms. The number of β-amino-alcohol motifs (C(OH)–C–C–N with tert-alkyl or cyclic N) is 1. The zero-order chi connectivity index (χ0) is 14.9. The minimum absolute atomic E-state index is 0.0929. The molecule has 0 spiro atoms. The first kappa shape index (κ1) is 15.5. The Morgan fingerprint density at radius 1 is 1.55 bits per heavy atom. The number of hydrogen-bond acceptors (Lipinski definition) is 3. The Hall–Kier alpha value is -0.880. The zero-order valence-corrected chi connectivity index (χ0v) is 12.3. The topological polar surface area (TPSA) is 61.4 Å². The Labute approximate surface area is 126 Å². The Balaban J connectivity index is 2.10. The van der Waals surface area contributed by atoms with Crippen molar-refractivity contribution >= 4 is 29.1 Å². The molecule has 1 amide bonds. The molecule has 110 valence electrons. The average Bonchev–Trinajstić information content (AvgIpc) is 2.81. The second-order valence-electron chi connectivity index (χ2n) is 4.84. The van der Waals surface area contributed by atoms with Gasteiger partial charge in [0.15, 0.2) is 0 Å². The van der Waals surface area contributed by atoms with Crippen molar-refractivity contribution in [1.82, 2.24) is 10.6 Å². The molecule has 0 saturated carbocycles. The van der Waals surface area contributed by atoms with Crippen LogP contribution in [-0.2, 0) is 4.79 Å². The fraction of sp³-hybridized carbons (Fsp3) is 0.462. The lowest BCUT2D eigenvalue weighted by molar-refractivity contribution is -0.123. The van der Waals surface area contributed by atoms with Crippen LogP contribution in [0, 0.1) is 5.82 Å². The van der Waals surface area contributed by atoms with E-state index in [0.29, 0.717) is 23.6 Å². The predicted molar refractivity (Wildman–Crippen MR) is 75.4 cm³/mol. The van der Waals surface area contributed by atoms with Gasteiger partial charge >= 0.3 is 0 Å². The van der Waals surface area contributed by atoms with Crippen LogP contribution in [0.3, 0.4) is 0 Å². The molecule has 1 aliphatic rings. The minimum atomic E-state index is -0.582. The first-order valence-electron chi connectivity index (χ1n) is 6.25. The van der Waals surface area contributed by atoms with Crippen molar-refractivity contribution in [3.8, 4) is 0 Å². The van der Waals surface area contributed by atoms with Crippen molar-refractivity contribution < 1.29 is 14.3 Å². The number of halogens is 3. The first-order chi connectivity index (χ1) is 9.40. The van der Waals surface area contributed by atoms with Crippen molar-refractivity contribution in [2.45, 2.75) is 31.5 Å². The van der Waals surface area contributed by atoms with E-state index in [4.69, 9.17) is 23.2 Å². The zero-order valence-electron chi connectivity index (χ0n) is 10.8. The number of amides is 1. The van der Waals surface area contributed by atoms with Crippen LogP contribution >= 0.6 is 23.2 Å². The van der Waals surface area contributed by atoms with Crippen LogP contribution in [0.5, 0.6) is 0 Å². The lowest BCUT2D eigenvalue weighted by Crippen LogP contribution is -2.41. The molecule has 1 aromatic carbocycles. The van der Waals surface area contributed by atoms with Gasteiger partial charge < -0.3 is 15.7 Å². The van der Waals surface area contributed by atoms with Crippen molar-refractivity contribution in [1.29, 1.82) is 0 Å². The highest BCUT2D eigenvalue weighted by molar-refractivity contribution is 6.36. The van der Waals surface area contributed by atoms with E-state index in [1.165, 1.54) is 12.1 Å². The molecule has 1 heterocycles. The molecule has 2 rings (SSSR count). The summed E-state index contributed by atoms with van der Waals surface area (Å²) in [6.07, 6.45) is -0.175. The van der Waals surface area contributed by atoms with Gasteiger partial charge in [0, 0.05) is 17.1 Å². The van der Waals surface area contributed by atoms with Gasteiger partial charge in [-0.2, -0.15) is 0 Å². The lowest BCUT2D eigenvalue weighted by atomic mass is 10.1. The van der Waals surface area contributed by atoms with Crippen molar-refractivity contribution in [3.05, 3.63) is 33.6 Å². The number of aliphatic hydroxyl groups excluding tert-OH is 1. The molecule has 1 fully saturated rings. The molecular weight excluding hydrogens is 306 g/mol. The summed E-state index contributed by atoms with van der Waals surface area (Å²) in [7, 11) is 0. The fourth-order valence-electron chi connectivity index (χ4n) is 2.24. The van der Waals surface area contributed by atoms with Gasteiger partial charge in [0.25, 0.3) is 0 Å².